The Morgan fingerprint density at radius 3 is 2.79 bits per heavy atom. The number of hydrogen-bond donors (Lipinski definition) is 1. The van der Waals surface area contributed by atoms with Crippen LogP contribution in [0.2, 0.25) is 10.2 Å². The molecule has 0 aliphatic carbocycles. The van der Waals surface area contributed by atoms with Crippen LogP contribution >= 0.6 is 34.7 Å². The second-order valence-corrected chi connectivity index (χ2v) is 4.16. The predicted molar refractivity (Wildman–Crippen MR) is 59.8 cm³/mol. The molecule has 78 valence electrons. The van der Waals surface area contributed by atoms with Gasteiger partial charge in [-0.1, -0.05) is 36.5 Å². The van der Waals surface area contributed by atoms with Crippen molar-refractivity contribution in [3.63, 3.8) is 0 Å². The fourth-order valence-electron chi connectivity index (χ4n) is 0.785. The molecule has 0 aliphatic rings. The fourth-order valence-corrected chi connectivity index (χ4v) is 1.90. The monoisotopic (exact) mass is 252 g/mol. The van der Waals surface area contributed by atoms with E-state index in [2.05, 4.69) is 11.3 Å². The first-order chi connectivity index (χ1) is 6.66. The zero-order valence-corrected chi connectivity index (χ0v) is 9.97. The molecule has 14 heavy (non-hydrogen) atoms. The molecule has 1 rings (SSSR count). The van der Waals surface area contributed by atoms with Gasteiger partial charge in [0.25, 0.3) is 0 Å². The molecule has 0 aromatic carbocycles. The number of nitrogens with one attached hydrogen (secondary N) is 1. The lowest BCUT2D eigenvalue weighted by Gasteiger charge is -2.03. The van der Waals surface area contributed by atoms with Gasteiger partial charge in [0.05, 0.1) is 6.61 Å². The zero-order chi connectivity index (χ0) is 10.6. The molecule has 0 atom stereocenters. The summed E-state index contributed by atoms with van der Waals surface area (Å²) in [6.07, 6.45) is 1.96. The number of hydrogen-bond acceptors (Lipinski definition) is 4. The van der Waals surface area contributed by atoms with Gasteiger partial charge >= 0.3 is 0 Å². The maximum absolute atomic E-state index is 7.57. The maximum atomic E-state index is 7.57. The topological polar surface area (TPSA) is 46.0 Å². The van der Waals surface area contributed by atoms with Crippen LogP contribution in [-0.4, -0.2) is 16.9 Å². The molecule has 0 bridgehead atoms. The van der Waals surface area contributed by atoms with Gasteiger partial charge in [-0.2, -0.15) is 4.37 Å². The van der Waals surface area contributed by atoms with Crippen molar-refractivity contribution in [1.82, 2.24) is 4.37 Å². The quantitative estimate of drug-likeness (QED) is 0.506. The highest BCUT2D eigenvalue weighted by molar-refractivity contribution is 7.09. The van der Waals surface area contributed by atoms with Crippen LogP contribution < -0.4 is 0 Å². The van der Waals surface area contributed by atoms with Crippen LogP contribution in [0, 0.1) is 5.41 Å². The summed E-state index contributed by atoms with van der Waals surface area (Å²) in [5.74, 6) is 0.0489. The molecular formula is C8H10Cl2N2OS. The van der Waals surface area contributed by atoms with Crippen LogP contribution in [0.25, 0.3) is 0 Å². The van der Waals surface area contributed by atoms with Gasteiger partial charge in [-0.3, -0.25) is 5.41 Å². The van der Waals surface area contributed by atoms with Gasteiger partial charge < -0.3 is 4.74 Å². The second-order valence-electron chi connectivity index (χ2n) is 2.65. The molecule has 1 N–H and O–H groups in total. The average Bonchev–Trinajstić information content (AvgIpc) is 2.48. The van der Waals surface area contributed by atoms with Crippen molar-refractivity contribution in [1.29, 1.82) is 5.41 Å². The summed E-state index contributed by atoms with van der Waals surface area (Å²) < 4.78 is 8.99. The highest BCUT2D eigenvalue weighted by Gasteiger charge is 2.15. The summed E-state index contributed by atoms with van der Waals surface area (Å²) in [4.78, 5) is 0.493. The van der Waals surface area contributed by atoms with Crippen LogP contribution in [0.15, 0.2) is 0 Å². The first kappa shape index (κ1) is 11.8. The summed E-state index contributed by atoms with van der Waals surface area (Å²) in [6.45, 7) is 2.59. The molecule has 0 fully saturated rings. The number of nitrogens with zero attached hydrogens (tertiary/aromatic N) is 1. The Labute approximate surface area is 96.7 Å². The van der Waals surface area contributed by atoms with E-state index in [-0.39, 0.29) is 11.1 Å². The molecule has 0 radical (unpaired) electrons. The van der Waals surface area contributed by atoms with E-state index in [1.165, 1.54) is 0 Å². The third-order valence-corrected chi connectivity index (χ3v) is 3.34. The molecule has 1 aromatic heterocycles. The van der Waals surface area contributed by atoms with Crippen molar-refractivity contribution in [2.75, 3.05) is 6.61 Å². The minimum atomic E-state index is 0.0489. The largest absolute Gasteiger partial charge is 0.477 e. The van der Waals surface area contributed by atoms with E-state index in [9.17, 15) is 0 Å². The second kappa shape index (κ2) is 5.53. The molecule has 0 saturated heterocycles. The Morgan fingerprint density at radius 1 is 1.57 bits per heavy atom. The summed E-state index contributed by atoms with van der Waals surface area (Å²) in [5, 5.41) is 8.10. The van der Waals surface area contributed by atoms with E-state index in [1.807, 2.05) is 0 Å². The van der Waals surface area contributed by atoms with Gasteiger partial charge in [-0.05, 0) is 18.0 Å². The molecule has 0 aliphatic heterocycles. The van der Waals surface area contributed by atoms with Gasteiger partial charge in [0.1, 0.15) is 9.90 Å². The van der Waals surface area contributed by atoms with E-state index in [4.69, 9.17) is 33.3 Å². The van der Waals surface area contributed by atoms with Gasteiger partial charge in [0.15, 0.2) is 5.15 Å². The minimum absolute atomic E-state index is 0.0489. The zero-order valence-electron chi connectivity index (χ0n) is 7.64. The molecule has 1 aromatic rings. The first-order valence-corrected chi connectivity index (χ1v) is 5.72. The SMILES string of the molecule is CCCCOC(=N)c1snc(Cl)c1Cl. The van der Waals surface area contributed by atoms with Crippen molar-refractivity contribution in [3.05, 3.63) is 15.1 Å². The lowest BCUT2D eigenvalue weighted by Crippen LogP contribution is -2.04. The van der Waals surface area contributed by atoms with Crippen molar-refractivity contribution in [2.24, 2.45) is 0 Å². The predicted octanol–water partition coefficient (Wildman–Crippen LogP) is 3.59. The maximum Gasteiger partial charge on any atom is 0.226 e. The van der Waals surface area contributed by atoms with E-state index >= 15 is 0 Å². The van der Waals surface area contributed by atoms with Crippen LogP contribution in [0.5, 0.6) is 0 Å². The average molecular weight is 253 g/mol. The van der Waals surface area contributed by atoms with E-state index in [0.29, 0.717) is 16.5 Å². The molecule has 6 heteroatoms. The first-order valence-electron chi connectivity index (χ1n) is 4.19. The third-order valence-electron chi connectivity index (χ3n) is 1.55. The summed E-state index contributed by atoms with van der Waals surface area (Å²) >= 11 is 12.5. The normalized spacial score (nSPS) is 10.2. The molecule has 0 unspecified atom stereocenters. The summed E-state index contributed by atoms with van der Waals surface area (Å²) in [5.41, 5.74) is 0. The number of ether oxygens (including phenoxy) is 1. The molecular weight excluding hydrogens is 243 g/mol. The van der Waals surface area contributed by atoms with Crippen molar-refractivity contribution in [3.8, 4) is 0 Å². The Bertz CT molecular complexity index is 327. The van der Waals surface area contributed by atoms with Gasteiger partial charge in [-0.25, -0.2) is 0 Å². The number of aromatic nitrogens is 1. The molecule has 0 spiro atoms. The highest BCUT2D eigenvalue weighted by atomic mass is 35.5. The van der Waals surface area contributed by atoms with E-state index in [1.54, 1.807) is 0 Å². The van der Waals surface area contributed by atoms with Crippen LogP contribution in [0.3, 0.4) is 0 Å². The Morgan fingerprint density at radius 2 is 2.29 bits per heavy atom. The third kappa shape index (κ3) is 2.83. The Balaban J connectivity index is 2.56. The van der Waals surface area contributed by atoms with Gasteiger partial charge in [0, 0.05) is 0 Å². The van der Waals surface area contributed by atoms with Crippen LogP contribution in [-0.2, 0) is 4.74 Å². The number of unbranched alkanes of at least 4 members (excludes halogenated alkanes) is 1. The fraction of sp³-hybridized carbons (Fsp3) is 0.500. The van der Waals surface area contributed by atoms with E-state index in [0.717, 1.165) is 24.4 Å². The molecule has 3 nitrogen and oxygen atoms in total. The smallest absolute Gasteiger partial charge is 0.226 e. The molecule has 0 amide bonds. The summed E-state index contributed by atoms with van der Waals surface area (Å²) in [6, 6.07) is 0. The number of rotatable bonds is 4. The standard InChI is InChI=1S/C8H10Cl2N2OS/c1-2-3-4-13-8(11)6-5(9)7(10)12-14-6/h11H,2-4H2,1H3. The lowest BCUT2D eigenvalue weighted by atomic mass is 10.4. The molecule has 0 saturated carbocycles. The van der Waals surface area contributed by atoms with Gasteiger partial charge in [-0.15, -0.1) is 0 Å². The van der Waals surface area contributed by atoms with E-state index < -0.39 is 0 Å². The van der Waals surface area contributed by atoms with Crippen molar-refractivity contribution < 1.29 is 4.74 Å². The lowest BCUT2D eigenvalue weighted by molar-refractivity contribution is 0.296. The van der Waals surface area contributed by atoms with Crippen molar-refractivity contribution in [2.45, 2.75) is 19.8 Å². The van der Waals surface area contributed by atoms with Crippen LogP contribution in [0.4, 0.5) is 0 Å². The van der Waals surface area contributed by atoms with Crippen LogP contribution in [0.1, 0.15) is 24.6 Å². The Hall–Kier alpha value is -0.320. The highest BCUT2D eigenvalue weighted by Crippen LogP contribution is 2.28. The van der Waals surface area contributed by atoms with Crippen molar-refractivity contribution >= 4 is 40.6 Å². The van der Waals surface area contributed by atoms with Gasteiger partial charge in [0.2, 0.25) is 5.90 Å². The minimum Gasteiger partial charge on any atom is -0.477 e. The molecule has 1 heterocycles. The Kier molecular flexibility index (Phi) is 4.65. The summed E-state index contributed by atoms with van der Waals surface area (Å²) in [7, 11) is 0. The number of halogens is 2.